The van der Waals surface area contributed by atoms with E-state index in [1.807, 2.05) is 0 Å². The first-order valence-electron chi connectivity index (χ1n) is 0.983. The van der Waals surface area contributed by atoms with Crippen molar-refractivity contribution in [3.8, 4) is 0 Å². The summed E-state index contributed by atoms with van der Waals surface area (Å²) in [7, 11) is 0. The van der Waals surface area contributed by atoms with Gasteiger partial charge in [0.1, 0.15) is 0 Å². The van der Waals surface area contributed by atoms with Gasteiger partial charge in [0.15, 0.2) is 0 Å². The van der Waals surface area contributed by atoms with Gasteiger partial charge in [-0.05, 0) is 0 Å². The Hall–Kier alpha value is -1.64. The topological polar surface area (TPSA) is 102 Å². The third-order valence-corrected chi connectivity index (χ3v) is 0. The summed E-state index contributed by atoms with van der Waals surface area (Å²) in [5.74, 6) is 0. The Kier molecular flexibility index (Phi) is 18400. The molecule has 0 aromatic heterocycles. The van der Waals surface area contributed by atoms with Gasteiger partial charge in [0, 0.05) is 9.93 Å². The minimum Gasteiger partial charge on any atom is -0.186 e. The largest absolute Gasteiger partial charge is 0.373 e. The van der Waals surface area contributed by atoms with Crippen LogP contribution < -0.4 is 0 Å². The molecular formula is C5H12O6. The van der Waals surface area contributed by atoms with E-state index in [1.54, 1.807) is 0 Å². The first-order chi connectivity index (χ1) is 3.83. The maximum atomic E-state index is 8.12. The van der Waals surface area contributed by atoms with Gasteiger partial charge in [-0.2, -0.15) is 19.2 Å². The maximum Gasteiger partial charge on any atom is 0.373 e. The zero-order valence-corrected chi connectivity index (χ0v) is 3.45. The molecule has 0 aliphatic rings. The number of hydrogen-bond donors (Lipinski definition) is 0. The molecule has 0 N–H and O–H groups in total. The highest BCUT2D eigenvalue weighted by atomic mass is 16.7. The summed E-state index contributed by atoms with van der Waals surface area (Å²) in [5.41, 5.74) is 0. The molecule has 0 spiro atoms. The maximum absolute atomic E-state index is 8.12. The van der Waals surface area contributed by atoms with Crippen LogP contribution in [0.2, 0.25) is 0 Å². The predicted octanol–water partition coefficient (Wildman–Crippen LogP) is 0.808. The van der Waals surface area contributed by atoms with Crippen molar-refractivity contribution in [1.82, 2.24) is 0 Å². The van der Waals surface area contributed by atoms with Gasteiger partial charge in [0.25, 0.3) is 0 Å². The molecule has 0 aliphatic heterocycles. The van der Waals surface area contributed by atoms with Crippen molar-refractivity contribution in [3.63, 3.8) is 0 Å². The molecule has 0 aliphatic carbocycles. The van der Waals surface area contributed by atoms with E-state index >= 15 is 0 Å². The molecule has 0 aromatic carbocycles. The van der Waals surface area contributed by atoms with Crippen molar-refractivity contribution >= 4 is 12.3 Å². The van der Waals surface area contributed by atoms with Crippen LogP contribution in [0.25, 0.3) is 0 Å². The lowest BCUT2D eigenvalue weighted by atomic mass is 11.8. The fraction of sp³-hybridized carbons (Fsp3) is 0.600. The average molecular weight is 168 g/mol. The van der Waals surface area contributed by atoms with Crippen molar-refractivity contribution in [2.24, 2.45) is 0 Å². The SMILES string of the molecule is C.C.C.O=C=O.O=C=O.O=O. The summed E-state index contributed by atoms with van der Waals surface area (Å²) in [6.07, 6.45) is 0.500. The van der Waals surface area contributed by atoms with Gasteiger partial charge in [-0.15, -0.1) is 0 Å². The average Bonchev–Trinajstić information content (AvgIpc) is 1.75. The first-order valence-corrected chi connectivity index (χ1v) is 0.983. The Morgan fingerprint density at radius 2 is 0.545 bits per heavy atom. The third-order valence-electron chi connectivity index (χ3n) is 0. The summed E-state index contributed by atoms with van der Waals surface area (Å²) in [5, 5.41) is 0. The fourth-order valence-corrected chi connectivity index (χ4v) is 0. The number of rotatable bonds is 0. The van der Waals surface area contributed by atoms with Gasteiger partial charge >= 0.3 is 12.3 Å². The van der Waals surface area contributed by atoms with Crippen LogP contribution in [0.4, 0.5) is 0 Å². The summed E-state index contributed by atoms with van der Waals surface area (Å²) in [4.78, 5) is 46.5. The molecular weight excluding hydrogens is 156 g/mol. The van der Waals surface area contributed by atoms with Gasteiger partial charge in [0.2, 0.25) is 0 Å². The van der Waals surface area contributed by atoms with E-state index in [0.29, 0.717) is 0 Å². The van der Waals surface area contributed by atoms with Crippen LogP contribution in [0.15, 0.2) is 0 Å². The molecule has 68 valence electrons. The third kappa shape index (κ3) is 126. The highest BCUT2D eigenvalue weighted by Crippen LogP contribution is 0.790. The molecule has 0 saturated heterocycles. The molecule has 0 heterocycles. The van der Waals surface area contributed by atoms with Crippen molar-refractivity contribution in [3.05, 3.63) is 9.93 Å². The van der Waals surface area contributed by atoms with Crippen LogP contribution in [0, 0.1) is 9.93 Å². The van der Waals surface area contributed by atoms with E-state index in [-0.39, 0.29) is 34.6 Å². The van der Waals surface area contributed by atoms with Crippen LogP contribution in [-0.2, 0) is 19.2 Å². The van der Waals surface area contributed by atoms with E-state index < -0.39 is 0 Å². The van der Waals surface area contributed by atoms with Crippen molar-refractivity contribution in [2.75, 3.05) is 0 Å². The second-order valence-corrected chi connectivity index (χ2v) is 0.167. The lowest BCUT2D eigenvalue weighted by Gasteiger charge is -0.945. The normalized spacial score (nSPS) is 1.82. The monoisotopic (exact) mass is 168 g/mol. The Bertz CT molecular complexity index is 75.1. The van der Waals surface area contributed by atoms with Gasteiger partial charge in [0.05, 0.1) is 0 Å². The van der Waals surface area contributed by atoms with E-state index in [0.717, 1.165) is 0 Å². The molecule has 11 heavy (non-hydrogen) atoms. The van der Waals surface area contributed by atoms with Crippen molar-refractivity contribution in [1.29, 1.82) is 0 Å². The smallest absolute Gasteiger partial charge is 0.186 e. The molecule has 0 amide bonds. The minimum absolute atomic E-state index is 0. The minimum atomic E-state index is 0. The summed E-state index contributed by atoms with van der Waals surface area (Å²) >= 11 is 0. The first kappa shape index (κ1) is 57.9. The second kappa shape index (κ2) is 3490. The van der Waals surface area contributed by atoms with Gasteiger partial charge in [-0.3, -0.25) is 0 Å². The molecule has 6 heteroatoms. The number of carbonyl (C=O) groups excluding carboxylic acids is 4. The summed E-state index contributed by atoms with van der Waals surface area (Å²) < 4.78 is 0. The zero-order valence-electron chi connectivity index (χ0n) is 3.45. The quantitative estimate of drug-likeness (QED) is 0.530. The molecule has 0 rings (SSSR count). The Morgan fingerprint density at radius 3 is 0.545 bits per heavy atom. The predicted molar refractivity (Wildman–Crippen MR) is 36.9 cm³/mol. The van der Waals surface area contributed by atoms with Crippen molar-refractivity contribution < 1.29 is 19.2 Å². The van der Waals surface area contributed by atoms with Gasteiger partial charge < -0.3 is 0 Å². The molecule has 0 bridgehead atoms. The lowest BCUT2D eigenvalue weighted by molar-refractivity contribution is -0.193. The Balaban J connectivity index is -0.00000000764. The summed E-state index contributed by atoms with van der Waals surface area (Å²) in [6.45, 7) is 0. The van der Waals surface area contributed by atoms with Crippen molar-refractivity contribution in [2.45, 2.75) is 22.3 Å². The molecule has 6 nitrogen and oxygen atoms in total. The van der Waals surface area contributed by atoms with E-state index in [2.05, 4.69) is 0 Å². The Morgan fingerprint density at radius 1 is 0.545 bits per heavy atom. The molecule has 0 aromatic rings. The van der Waals surface area contributed by atoms with E-state index in [4.69, 9.17) is 29.1 Å². The van der Waals surface area contributed by atoms with Crippen LogP contribution in [0.3, 0.4) is 0 Å². The Labute approximate surface area is 64.8 Å². The fourth-order valence-electron chi connectivity index (χ4n) is 0. The molecule has 0 unspecified atom stereocenters. The highest BCUT2D eigenvalue weighted by Gasteiger charge is 1.13. The zero-order chi connectivity index (χ0) is 7.41. The highest BCUT2D eigenvalue weighted by molar-refractivity contribution is 5.20. The number of hydrogen-bond acceptors (Lipinski definition) is 6. The lowest BCUT2D eigenvalue weighted by Crippen LogP contribution is -1.22. The van der Waals surface area contributed by atoms with Crippen LogP contribution in [-0.4, -0.2) is 12.3 Å². The molecule has 0 atom stereocenters. The van der Waals surface area contributed by atoms with Gasteiger partial charge in [-0.1, -0.05) is 22.3 Å². The van der Waals surface area contributed by atoms with Gasteiger partial charge in [-0.25, -0.2) is 0 Å². The molecule has 0 fully saturated rings. The van der Waals surface area contributed by atoms with Crippen LogP contribution >= 0.6 is 0 Å². The standard InChI is InChI=1S/2CO2.3CH4.O2/c2*2-1-3;;;;1-2/h;;3*1H4;. The van der Waals surface area contributed by atoms with E-state index in [9.17, 15) is 0 Å². The van der Waals surface area contributed by atoms with E-state index in [1.165, 1.54) is 0 Å². The molecule has 0 radical (unpaired) electrons. The summed E-state index contributed by atoms with van der Waals surface area (Å²) in [6, 6.07) is 0. The second-order valence-electron chi connectivity index (χ2n) is 0.167. The van der Waals surface area contributed by atoms with Crippen LogP contribution in [0.5, 0.6) is 0 Å². The molecule has 0 saturated carbocycles. The van der Waals surface area contributed by atoms with Crippen LogP contribution in [0.1, 0.15) is 22.3 Å².